The van der Waals surface area contributed by atoms with Crippen LogP contribution >= 0.6 is 0 Å². The average molecular weight is 656 g/mol. The Morgan fingerprint density at radius 1 is 0.378 bits per heavy atom. The zero-order chi connectivity index (χ0) is 24.4. The molecule has 3 aromatic heterocycles. The fraction of sp³-hybridized carbons (Fsp3) is 0. The second-order valence-corrected chi connectivity index (χ2v) is 7.86. The third-order valence-electron chi connectivity index (χ3n) is 5.38. The molecule has 0 amide bonds. The van der Waals surface area contributed by atoms with E-state index < -0.39 is 0 Å². The van der Waals surface area contributed by atoms with Crippen LogP contribution in [0.15, 0.2) is 134 Å². The zero-order valence-electron chi connectivity index (χ0n) is 19.9. The summed E-state index contributed by atoms with van der Waals surface area (Å²) in [6.07, 6.45) is 1.78. The minimum absolute atomic E-state index is 0. The van der Waals surface area contributed by atoms with Crippen molar-refractivity contribution in [1.29, 1.82) is 0 Å². The van der Waals surface area contributed by atoms with E-state index in [2.05, 4.69) is 33.2 Å². The molecular weight excluding hydrogens is 633 g/mol. The Morgan fingerprint density at radius 3 is 1.19 bits per heavy atom. The Labute approximate surface area is 232 Å². The van der Waals surface area contributed by atoms with Crippen molar-refractivity contribution < 1.29 is 21.1 Å². The molecule has 3 aromatic carbocycles. The number of rotatable bonds is 4. The van der Waals surface area contributed by atoms with Gasteiger partial charge in [-0.2, -0.15) is 0 Å². The summed E-state index contributed by atoms with van der Waals surface area (Å²) in [6, 6.07) is 50.9. The van der Waals surface area contributed by atoms with Gasteiger partial charge in [-0.15, -0.1) is 108 Å². The molecule has 0 unspecified atom stereocenters. The molecule has 0 bridgehead atoms. The summed E-state index contributed by atoms with van der Waals surface area (Å²) in [5.41, 5.74) is 7.57. The summed E-state index contributed by atoms with van der Waals surface area (Å²) < 4.78 is 0. The predicted molar refractivity (Wildman–Crippen MR) is 145 cm³/mol. The van der Waals surface area contributed by atoms with Crippen LogP contribution in [0.1, 0.15) is 0 Å². The summed E-state index contributed by atoms with van der Waals surface area (Å²) >= 11 is 0. The molecule has 0 aliphatic heterocycles. The van der Waals surface area contributed by atoms with Crippen molar-refractivity contribution in [2.45, 2.75) is 0 Å². The number of benzene rings is 3. The van der Waals surface area contributed by atoms with Crippen molar-refractivity contribution in [2.24, 2.45) is 0 Å². The average Bonchev–Trinajstić information content (AvgIpc) is 2.99. The van der Waals surface area contributed by atoms with Crippen LogP contribution in [0.25, 0.3) is 45.2 Å². The number of hydrogen-bond acceptors (Lipinski definition) is 3. The minimum Gasteiger partial charge on any atom is -0.345 e. The molecule has 3 heterocycles. The molecule has 0 aliphatic rings. The number of aromatic nitrogens is 3. The number of pyridine rings is 3. The topological polar surface area (TPSA) is 38.7 Å². The van der Waals surface area contributed by atoms with Crippen LogP contribution in [-0.4, -0.2) is 15.0 Å². The maximum absolute atomic E-state index is 4.65. The molecule has 3 nitrogen and oxygen atoms in total. The first kappa shape index (κ1) is 25.9. The van der Waals surface area contributed by atoms with Gasteiger partial charge in [-0.3, -0.25) is 9.97 Å². The van der Waals surface area contributed by atoms with Gasteiger partial charge in [0.1, 0.15) is 0 Å². The quantitative estimate of drug-likeness (QED) is 0.184. The van der Waals surface area contributed by atoms with Gasteiger partial charge in [-0.1, -0.05) is 36.4 Å². The first-order chi connectivity index (χ1) is 17.9. The van der Waals surface area contributed by atoms with E-state index >= 15 is 0 Å². The van der Waals surface area contributed by atoms with Crippen LogP contribution in [0.4, 0.5) is 0 Å². The second-order valence-electron chi connectivity index (χ2n) is 7.86. The maximum Gasteiger partial charge on any atom is 0.0876 e. The fourth-order valence-corrected chi connectivity index (χ4v) is 3.63. The van der Waals surface area contributed by atoms with Gasteiger partial charge >= 0.3 is 0 Å². The van der Waals surface area contributed by atoms with E-state index in [1.54, 1.807) is 6.20 Å². The summed E-state index contributed by atoms with van der Waals surface area (Å²) in [4.78, 5) is 13.6. The van der Waals surface area contributed by atoms with Gasteiger partial charge in [0.2, 0.25) is 0 Å². The summed E-state index contributed by atoms with van der Waals surface area (Å²) in [7, 11) is 0. The predicted octanol–water partition coefficient (Wildman–Crippen LogP) is 7.62. The van der Waals surface area contributed by atoms with Gasteiger partial charge in [0.05, 0.1) is 11.4 Å². The van der Waals surface area contributed by atoms with E-state index in [9.17, 15) is 0 Å². The van der Waals surface area contributed by atoms with E-state index in [1.807, 2.05) is 127 Å². The molecule has 0 saturated heterocycles. The fourth-order valence-electron chi connectivity index (χ4n) is 3.63. The van der Waals surface area contributed by atoms with Crippen molar-refractivity contribution in [1.82, 2.24) is 15.0 Å². The molecular formula is C33H22N3Pt-3. The van der Waals surface area contributed by atoms with Gasteiger partial charge in [-0.05, 0) is 35.3 Å². The van der Waals surface area contributed by atoms with Crippen LogP contribution in [0.2, 0.25) is 0 Å². The summed E-state index contributed by atoms with van der Waals surface area (Å²) in [5.74, 6) is 0. The monoisotopic (exact) mass is 655 g/mol. The molecule has 37 heavy (non-hydrogen) atoms. The molecule has 0 radical (unpaired) electrons. The molecule has 0 saturated carbocycles. The molecule has 6 aromatic rings. The molecule has 0 aliphatic carbocycles. The van der Waals surface area contributed by atoms with Crippen LogP contribution in [0.5, 0.6) is 0 Å². The van der Waals surface area contributed by atoms with E-state index in [1.165, 1.54) is 0 Å². The van der Waals surface area contributed by atoms with Gasteiger partial charge in [0, 0.05) is 27.3 Å². The Bertz CT molecular complexity index is 1280. The van der Waals surface area contributed by atoms with Gasteiger partial charge in [-0.25, -0.2) is 0 Å². The van der Waals surface area contributed by atoms with Crippen molar-refractivity contribution >= 4 is 0 Å². The molecule has 0 N–H and O–H groups in total. The minimum atomic E-state index is 0. The van der Waals surface area contributed by atoms with Crippen LogP contribution in [-0.2, 0) is 21.1 Å². The Hall–Kier alpha value is -4.20. The number of nitrogens with zero attached hydrogens (tertiary/aromatic N) is 3. The van der Waals surface area contributed by atoms with Gasteiger partial charge in [0.15, 0.2) is 0 Å². The van der Waals surface area contributed by atoms with Gasteiger partial charge in [0.25, 0.3) is 0 Å². The standard InChI is InChI=1S/C17H11N.C16H11N2.Pt/c1-3-8-14(9-4-1)16-12-7-13-17(18-16)15-10-5-2-6-11-15;1-2-7-13(8-3-1)14-10-6-11-16(18-14)15-9-4-5-12-17-15;/h1-8,10,12-13H;1-7,9-12H;/q-2;-1;. The second kappa shape index (κ2) is 13.2. The van der Waals surface area contributed by atoms with Crippen LogP contribution < -0.4 is 0 Å². The van der Waals surface area contributed by atoms with Crippen molar-refractivity contribution in [3.05, 3.63) is 152 Å². The molecule has 182 valence electrons. The van der Waals surface area contributed by atoms with Gasteiger partial charge < -0.3 is 4.98 Å². The molecule has 0 fully saturated rings. The third kappa shape index (κ3) is 6.94. The summed E-state index contributed by atoms with van der Waals surface area (Å²) in [5, 5.41) is 0. The van der Waals surface area contributed by atoms with Crippen LogP contribution in [0, 0.1) is 18.2 Å². The Morgan fingerprint density at radius 2 is 0.784 bits per heavy atom. The van der Waals surface area contributed by atoms with Crippen molar-refractivity contribution in [2.75, 3.05) is 0 Å². The molecule has 0 spiro atoms. The van der Waals surface area contributed by atoms with E-state index in [4.69, 9.17) is 0 Å². The van der Waals surface area contributed by atoms with Crippen LogP contribution in [0.3, 0.4) is 0 Å². The van der Waals surface area contributed by atoms with E-state index in [0.717, 1.165) is 45.2 Å². The largest absolute Gasteiger partial charge is 0.345 e. The SMILES string of the molecule is [Pt].[c-]1ccccc1-c1cccc(-c2[c-]cccc2)n1.[c-]1ccccc1-c1cccc(-c2ccccn2)n1. The zero-order valence-corrected chi connectivity index (χ0v) is 22.1. The molecule has 6 rings (SSSR count). The third-order valence-corrected chi connectivity index (χ3v) is 5.38. The maximum atomic E-state index is 4.65. The van der Waals surface area contributed by atoms with Crippen molar-refractivity contribution in [3.63, 3.8) is 0 Å². The number of hydrogen-bond donors (Lipinski definition) is 0. The molecule has 4 heteroatoms. The molecule has 0 atom stereocenters. The first-order valence-electron chi connectivity index (χ1n) is 11.6. The normalized spacial score (nSPS) is 9.95. The first-order valence-corrected chi connectivity index (χ1v) is 11.6. The van der Waals surface area contributed by atoms with E-state index in [0.29, 0.717) is 0 Å². The van der Waals surface area contributed by atoms with E-state index in [-0.39, 0.29) is 21.1 Å². The smallest absolute Gasteiger partial charge is 0.0876 e. The Kier molecular flexibility index (Phi) is 9.23. The van der Waals surface area contributed by atoms with Crippen molar-refractivity contribution in [3.8, 4) is 45.2 Å². The summed E-state index contributed by atoms with van der Waals surface area (Å²) in [6.45, 7) is 0. The Balaban J connectivity index is 0.000000168.